The van der Waals surface area contributed by atoms with Crippen molar-refractivity contribution in [2.24, 2.45) is 5.92 Å². The minimum Gasteiger partial charge on any atom is -0.497 e. The van der Waals surface area contributed by atoms with Crippen LogP contribution >= 0.6 is 23.1 Å². The van der Waals surface area contributed by atoms with Gasteiger partial charge in [0.1, 0.15) is 11.3 Å². The predicted octanol–water partition coefficient (Wildman–Crippen LogP) is 3.30. The van der Waals surface area contributed by atoms with Gasteiger partial charge in [-0.3, -0.25) is 4.79 Å². The molecule has 2 aromatic rings. The molecule has 0 bridgehead atoms. The Hall–Kier alpha value is -1.60. The maximum atomic E-state index is 12.4. The first-order chi connectivity index (χ1) is 10.1. The van der Waals surface area contributed by atoms with E-state index in [-0.39, 0.29) is 17.1 Å². The van der Waals surface area contributed by atoms with E-state index in [0.717, 1.165) is 15.8 Å². The monoisotopic (exact) mass is 323 g/mol. The van der Waals surface area contributed by atoms with Gasteiger partial charge in [-0.15, -0.1) is 10.2 Å². The van der Waals surface area contributed by atoms with E-state index >= 15 is 0 Å². The number of thioether (sulfide) groups is 1. The molecule has 0 unspecified atom stereocenters. The van der Waals surface area contributed by atoms with Gasteiger partial charge in [0, 0.05) is 5.69 Å². The van der Waals surface area contributed by atoms with Crippen molar-refractivity contribution in [2.75, 3.05) is 12.4 Å². The minimum atomic E-state index is -0.208. The van der Waals surface area contributed by atoms with Crippen LogP contribution in [0.5, 0.6) is 5.75 Å². The zero-order chi connectivity index (χ0) is 15.2. The van der Waals surface area contributed by atoms with E-state index in [0.29, 0.717) is 0 Å². The maximum Gasteiger partial charge on any atom is 0.238 e. The van der Waals surface area contributed by atoms with Gasteiger partial charge in [-0.25, -0.2) is 0 Å². The lowest BCUT2D eigenvalue weighted by atomic mass is 10.1. The third-order valence-electron chi connectivity index (χ3n) is 2.79. The molecule has 7 heteroatoms. The Balaban J connectivity index is 2.03. The molecule has 0 aliphatic heterocycles. The molecule has 112 valence electrons. The number of carbonyl (C=O) groups excluding carboxylic acids is 1. The molecule has 1 N–H and O–H groups in total. The summed E-state index contributed by atoms with van der Waals surface area (Å²) < 4.78 is 5.90. The molecule has 0 saturated carbocycles. The van der Waals surface area contributed by atoms with E-state index in [9.17, 15) is 4.79 Å². The lowest BCUT2D eigenvalue weighted by molar-refractivity contribution is -0.116. The summed E-state index contributed by atoms with van der Waals surface area (Å²) in [5, 5.41) is 10.5. The number of aromatic nitrogens is 2. The molecule has 5 nitrogen and oxygen atoms in total. The van der Waals surface area contributed by atoms with E-state index in [4.69, 9.17) is 4.74 Å². The molecule has 21 heavy (non-hydrogen) atoms. The fourth-order valence-corrected chi connectivity index (χ4v) is 3.39. The molecule has 0 aliphatic rings. The molecule has 0 fully saturated rings. The van der Waals surface area contributed by atoms with E-state index in [1.54, 1.807) is 12.6 Å². The zero-order valence-corrected chi connectivity index (χ0v) is 13.7. The van der Waals surface area contributed by atoms with Crippen LogP contribution in [0.25, 0.3) is 0 Å². The van der Waals surface area contributed by atoms with Gasteiger partial charge in [0.15, 0.2) is 4.34 Å². The molecule has 1 aromatic carbocycles. The molecule has 1 amide bonds. The van der Waals surface area contributed by atoms with Gasteiger partial charge >= 0.3 is 0 Å². The maximum absolute atomic E-state index is 12.4. The first kappa shape index (κ1) is 15.8. The summed E-state index contributed by atoms with van der Waals surface area (Å²) in [7, 11) is 1.61. The summed E-state index contributed by atoms with van der Waals surface area (Å²) in [5.74, 6) is 0.921. The van der Waals surface area contributed by atoms with Crippen LogP contribution in [0.2, 0.25) is 0 Å². The van der Waals surface area contributed by atoms with E-state index < -0.39 is 0 Å². The fraction of sp³-hybridized carbons (Fsp3) is 0.357. The second kappa shape index (κ2) is 7.42. The average Bonchev–Trinajstić information content (AvgIpc) is 2.98. The first-order valence-electron chi connectivity index (χ1n) is 6.48. The highest BCUT2D eigenvalue weighted by atomic mass is 32.2. The van der Waals surface area contributed by atoms with Gasteiger partial charge in [-0.2, -0.15) is 0 Å². The highest BCUT2D eigenvalue weighted by Gasteiger charge is 2.24. The van der Waals surface area contributed by atoms with E-state index in [1.807, 2.05) is 38.1 Å². The van der Waals surface area contributed by atoms with Crippen molar-refractivity contribution in [1.29, 1.82) is 0 Å². The van der Waals surface area contributed by atoms with Crippen molar-refractivity contribution in [3.8, 4) is 5.75 Å². The third-order valence-corrected chi connectivity index (χ3v) is 5.15. The predicted molar refractivity (Wildman–Crippen MR) is 86.0 cm³/mol. The number of amides is 1. The molecular weight excluding hydrogens is 306 g/mol. The fourth-order valence-electron chi connectivity index (χ4n) is 1.70. The lowest BCUT2D eigenvalue weighted by Crippen LogP contribution is -2.29. The molecule has 0 saturated heterocycles. The Morgan fingerprint density at radius 1 is 1.33 bits per heavy atom. The Bertz CT molecular complexity index is 570. The number of carbonyl (C=O) groups is 1. The summed E-state index contributed by atoms with van der Waals surface area (Å²) in [6, 6.07) is 7.28. The van der Waals surface area contributed by atoms with Crippen LogP contribution in [-0.4, -0.2) is 28.5 Å². The molecule has 2 rings (SSSR count). The van der Waals surface area contributed by atoms with Crippen LogP contribution in [0.1, 0.15) is 13.8 Å². The van der Waals surface area contributed by atoms with Crippen molar-refractivity contribution >= 4 is 34.7 Å². The van der Waals surface area contributed by atoms with Gasteiger partial charge < -0.3 is 10.1 Å². The molecule has 1 atom stereocenters. The number of methoxy groups -OCH3 is 1. The Labute approximate surface area is 132 Å². The second-order valence-electron chi connectivity index (χ2n) is 4.70. The SMILES string of the molecule is COc1ccc(NC(=O)[C@H](Sc2nncs2)C(C)C)cc1. The summed E-state index contributed by atoms with van der Waals surface area (Å²) in [4.78, 5) is 12.4. The van der Waals surface area contributed by atoms with Crippen LogP contribution in [0.3, 0.4) is 0 Å². The molecule has 1 heterocycles. The molecule has 1 aromatic heterocycles. The average molecular weight is 323 g/mol. The number of nitrogens with one attached hydrogen (secondary N) is 1. The minimum absolute atomic E-state index is 0.0321. The van der Waals surface area contributed by atoms with Crippen molar-refractivity contribution in [3.05, 3.63) is 29.8 Å². The van der Waals surface area contributed by atoms with Gasteiger partial charge in [-0.05, 0) is 30.2 Å². The third kappa shape index (κ3) is 4.44. The Morgan fingerprint density at radius 2 is 2.05 bits per heavy atom. The van der Waals surface area contributed by atoms with Gasteiger partial charge in [0.2, 0.25) is 5.91 Å². The van der Waals surface area contributed by atoms with Crippen LogP contribution in [0.15, 0.2) is 34.1 Å². The first-order valence-corrected chi connectivity index (χ1v) is 8.24. The van der Waals surface area contributed by atoms with Crippen molar-refractivity contribution in [3.63, 3.8) is 0 Å². The van der Waals surface area contributed by atoms with Crippen LogP contribution in [-0.2, 0) is 4.79 Å². The molecule has 0 radical (unpaired) electrons. The van der Waals surface area contributed by atoms with Gasteiger partial charge in [0.05, 0.1) is 12.4 Å². The quantitative estimate of drug-likeness (QED) is 0.826. The number of ether oxygens (including phenoxy) is 1. The topological polar surface area (TPSA) is 64.1 Å². The number of hydrogen-bond acceptors (Lipinski definition) is 6. The van der Waals surface area contributed by atoms with Crippen LogP contribution in [0.4, 0.5) is 5.69 Å². The second-order valence-corrected chi connectivity index (χ2v) is 6.93. The molecular formula is C14H17N3O2S2. The smallest absolute Gasteiger partial charge is 0.238 e. The largest absolute Gasteiger partial charge is 0.497 e. The highest BCUT2D eigenvalue weighted by Crippen LogP contribution is 2.30. The van der Waals surface area contributed by atoms with Crippen molar-refractivity contribution < 1.29 is 9.53 Å². The van der Waals surface area contributed by atoms with Crippen LogP contribution in [0, 0.1) is 5.92 Å². The number of rotatable bonds is 6. The summed E-state index contributed by atoms with van der Waals surface area (Å²) in [5.41, 5.74) is 2.42. The van der Waals surface area contributed by atoms with Crippen molar-refractivity contribution in [1.82, 2.24) is 10.2 Å². The van der Waals surface area contributed by atoms with Gasteiger partial charge in [0.25, 0.3) is 0 Å². The highest BCUT2D eigenvalue weighted by molar-refractivity contribution is 8.02. The number of anilines is 1. The number of benzene rings is 1. The number of nitrogens with zero attached hydrogens (tertiary/aromatic N) is 2. The van der Waals surface area contributed by atoms with Gasteiger partial charge in [-0.1, -0.05) is 36.9 Å². The standard InChI is InChI=1S/C14H17N3O2S2/c1-9(2)12(21-14-17-15-8-20-14)13(18)16-10-4-6-11(19-3)7-5-10/h4-9,12H,1-3H3,(H,16,18)/t12-/m1/s1. The molecule has 0 aliphatic carbocycles. The number of hydrogen-bond donors (Lipinski definition) is 1. The van der Waals surface area contributed by atoms with E-state index in [2.05, 4.69) is 15.5 Å². The zero-order valence-electron chi connectivity index (χ0n) is 12.1. The van der Waals surface area contributed by atoms with E-state index in [1.165, 1.54) is 23.1 Å². The molecule has 0 spiro atoms. The summed E-state index contributed by atoms with van der Waals surface area (Å²) >= 11 is 2.89. The normalized spacial score (nSPS) is 12.2. The Morgan fingerprint density at radius 3 is 2.57 bits per heavy atom. The van der Waals surface area contributed by atoms with Crippen molar-refractivity contribution in [2.45, 2.75) is 23.4 Å². The Kier molecular flexibility index (Phi) is 5.58. The summed E-state index contributed by atoms with van der Waals surface area (Å²) in [6.07, 6.45) is 0. The lowest BCUT2D eigenvalue weighted by Gasteiger charge is -2.18. The summed E-state index contributed by atoms with van der Waals surface area (Å²) in [6.45, 7) is 4.04. The van der Waals surface area contributed by atoms with Crippen LogP contribution < -0.4 is 10.1 Å².